The first kappa shape index (κ1) is 19.7. The molecule has 6 heteroatoms. The Bertz CT molecular complexity index is 1030. The van der Waals surface area contributed by atoms with Crippen LogP contribution in [0.1, 0.15) is 30.0 Å². The Hall–Kier alpha value is -2.63. The summed E-state index contributed by atoms with van der Waals surface area (Å²) in [7, 11) is 1.65. The number of carboxylic acid groups (broad SMARTS) is 1. The summed E-state index contributed by atoms with van der Waals surface area (Å²) in [5.41, 5.74) is 2.95. The number of pyridine rings is 1. The van der Waals surface area contributed by atoms with E-state index in [0.717, 1.165) is 27.8 Å². The normalized spacial score (nSPS) is 16.6. The number of aliphatic carboxylic acids is 1. The van der Waals surface area contributed by atoms with Gasteiger partial charge in [0.15, 0.2) is 0 Å². The maximum absolute atomic E-state index is 11.4. The van der Waals surface area contributed by atoms with E-state index in [1.54, 1.807) is 7.11 Å². The molecule has 2 aromatic carbocycles. The molecule has 1 atom stereocenters. The van der Waals surface area contributed by atoms with Gasteiger partial charge in [-0.15, -0.1) is 0 Å². The number of nitrogens with zero attached hydrogens (tertiary/aromatic N) is 2. The van der Waals surface area contributed by atoms with Crippen molar-refractivity contribution >= 4 is 28.5 Å². The van der Waals surface area contributed by atoms with Gasteiger partial charge in [0.2, 0.25) is 0 Å². The van der Waals surface area contributed by atoms with Crippen LogP contribution in [0.4, 0.5) is 0 Å². The Balaban J connectivity index is 1.79. The molecule has 1 aromatic heterocycles. The van der Waals surface area contributed by atoms with E-state index in [1.807, 2.05) is 42.6 Å². The number of likely N-dealkylation sites (tertiary alicyclic amines) is 1. The fourth-order valence-corrected chi connectivity index (χ4v) is 4.33. The van der Waals surface area contributed by atoms with E-state index in [2.05, 4.69) is 22.0 Å². The molecule has 5 nitrogen and oxygen atoms in total. The molecule has 1 unspecified atom stereocenters. The van der Waals surface area contributed by atoms with E-state index in [4.69, 9.17) is 16.3 Å². The summed E-state index contributed by atoms with van der Waals surface area (Å²) in [6.07, 6.45) is 3.14. The lowest BCUT2D eigenvalue weighted by molar-refractivity contribution is -0.143. The van der Waals surface area contributed by atoms with Crippen LogP contribution in [0.3, 0.4) is 0 Å². The SMILES string of the molecule is COc1ccc(Cl)cc1C(c1cnc2ccccc2c1)N1CCC(C(=O)O)CC1. The molecular formula is C23H23ClN2O3. The Morgan fingerprint density at radius 2 is 1.97 bits per heavy atom. The van der Waals surface area contributed by atoms with Crippen molar-refractivity contribution in [2.75, 3.05) is 20.2 Å². The topological polar surface area (TPSA) is 62.7 Å². The van der Waals surface area contributed by atoms with Gasteiger partial charge in [-0.1, -0.05) is 29.8 Å². The first-order valence-electron chi connectivity index (χ1n) is 9.72. The van der Waals surface area contributed by atoms with E-state index >= 15 is 0 Å². The van der Waals surface area contributed by atoms with Crippen molar-refractivity contribution in [2.45, 2.75) is 18.9 Å². The molecule has 0 saturated carbocycles. The van der Waals surface area contributed by atoms with Crippen LogP contribution in [0, 0.1) is 5.92 Å². The minimum Gasteiger partial charge on any atom is -0.496 e. The van der Waals surface area contributed by atoms with Crippen LogP contribution >= 0.6 is 11.6 Å². The summed E-state index contributed by atoms with van der Waals surface area (Å²) in [4.78, 5) is 18.4. The number of para-hydroxylation sites is 1. The molecule has 0 bridgehead atoms. The van der Waals surface area contributed by atoms with Crippen molar-refractivity contribution in [1.82, 2.24) is 9.88 Å². The lowest BCUT2D eigenvalue weighted by atomic mass is 9.91. The van der Waals surface area contributed by atoms with E-state index in [9.17, 15) is 9.90 Å². The van der Waals surface area contributed by atoms with Crippen LogP contribution in [0.25, 0.3) is 10.9 Å². The molecule has 2 heterocycles. The van der Waals surface area contributed by atoms with E-state index in [1.165, 1.54) is 0 Å². The molecule has 150 valence electrons. The molecular weight excluding hydrogens is 388 g/mol. The monoisotopic (exact) mass is 410 g/mol. The summed E-state index contributed by atoms with van der Waals surface area (Å²) >= 11 is 6.34. The fourth-order valence-electron chi connectivity index (χ4n) is 4.15. The lowest BCUT2D eigenvalue weighted by Gasteiger charge is -2.37. The lowest BCUT2D eigenvalue weighted by Crippen LogP contribution is -2.39. The Morgan fingerprint density at radius 3 is 2.69 bits per heavy atom. The standard InChI is InChI=1S/C23H23ClN2O3/c1-29-21-7-6-18(24)13-19(21)22(26-10-8-15(9-11-26)23(27)28)17-12-16-4-2-3-5-20(16)25-14-17/h2-7,12-15,22H,8-11H2,1H3,(H,27,28). The Morgan fingerprint density at radius 1 is 1.21 bits per heavy atom. The summed E-state index contributed by atoms with van der Waals surface area (Å²) in [6.45, 7) is 1.37. The number of halogens is 1. The van der Waals surface area contributed by atoms with Crippen molar-refractivity contribution in [1.29, 1.82) is 0 Å². The van der Waals surface area contributed by atoms with Crippen molar-refractivity contribution in [3.8, 4) is 5.75 Å². The number of hydrogen-bond acceptors (Lipinski definition) is 4. The average molecular weight is 411 g/mol. The highest BCUT2D eigenvalue weighted by atomic mass is 35.5. The number of carbonyl (C=O) groups is 1. The van der Waals surface area contributed by atoms with Gasteiger partial charge in [-0.25, -0.2) is 0 Å². The van der Waals surface area contributed by atoms with Crippen LogP contribution < -0.4 is 4.74 Å². The zero-order valence-electron chi connectivity index (χ0n) is 16.2. The fraction of sp³-hybridized carbons (Fsp3) is 0.304. The molecule has 1 saturated heterocycles. The highest BCUT2D eigenvalue weighted by molar-refractivity contribution is 6.30. The quantitative estimate of drug-likeness (QED) is 0.655. The van der Waals surface area contributed by atoms with Gasteiger partial charge in [-0.3, -0.25) is 14.7 Å². The van der Waals surface area contributed by atoms with Crippen molar-refractivity contribution < 1.29 is 14.6 Å². The van der Waals surface area contributed by atoms with Crippen LogP contribution in [0.2, 0.25) is 5.02 Å². The van der Waals surface area contributed by atoms with Gasteiger partial charge in [-0.05, 0) is 61.8 Å². The Labute approximate surface area is 174 Å². The molecule has 0 spiro atoms. The van der Waals surface area contributed by atoms with Gasteiger partial charge in [0, 0.05) is 22.2 Å². The average Bonchev–Trinajstić information content (AvgIpc) is 2.74. The number of fused-ring (bicyclic) bond motifs is 1. The predicted octanol–water partition coefficient (Wildman–Crippen LogP) is 4.78. The third kappa shape index (κ3) is 4.07. The van der Waals surface area contributed by atoms with E-state index in [0.29, 0.717) is 31.0 Å². The molecule has 1 N–H and O–H groups in total. The number of aromatic nitrogens is 1. The first-order valence-corrected chi connectivity index (χ1v) is 10.1. The van der Waals surface area contributed by atoms with E-state index in [-0.39, 0.29) is 12.0 Å². The van der Waals surface area contributed by atoms with Crippen LogP contribution in [0.5, 0.6) is 5.75 Å². The van der Waals surface area contributed by atoms with Gasteiger partial charge in [0.05, 0.1) is 24.6 Å². The van der Waals surface area contributed by atoms with Crippen LogP contribution in [-0.4, -0.2) is 41.2 Å². The zero-order valence-corrected chi connectivity index (χ0v) is 17.0. The van der Waals surface area contributed by atoms with Crippen molar-refractivity contribution in [3.05, 3.63) is 70.9 Å². The molecule has 1 fully saturated rings. The number of rotatable bonds is 5. The second-order valence-electron chi connectivity index (χ2n) is 7.40. The summed E-state index contributed by atoms with van der Waals surface area (Å²) in [6, 6.07) is 15.7. The highest BCUT2D eigenvalue weighted by Crippen LogP contribution is 2.38. The maximum Gasteiger partial charge on any atom is 0.306 e. The maximum atomic E-state index is 11.4. The predicted molar refractivity (Wildman–Crippen MR) is 114 cm³/mol. The second kappa shape index (κ2) is 8.39. The van der Waals surface area contributed by atoms with Gasteiger partial charge in [0.25, 0.3) is 0 Å². The highest BCUT2D eigenvalue weighted by Gasteiger charge is 2.32. The minimum atomic E-state index is -0.714. The molecule has 29 heavy (non-hydrogen) atoms. The number of carboxylic acids is 1. The van der Waals surface area contributed by atoms with E-state index < -0.39 is 5.97 Å². The molecule has 0 amide bonds. The smallest absolute Gasteiger partial charge is 0.306 e. The summed E-state index contributed by atoms with van der Waals surface area (Å²) < 4.78 is 5.64. The molecule has 0 radical (unpaired) electrons. The minimum absolute atomic E-state index is 0.115. The first-order chi connectivity index (χ1) is 14.1. The Kier molecular flexibility index (Phi) is 5.69. The number of piperidine rings is 1. The molecule has 1 aliphatic heterocycles. The molecule has 3 aromatic rings. The largest absolute Gasteiger partial charge is 0.496 e. The van der Waals surface area contributed by atoms with Gasteiger partial charge in [-0.2, -0.15) is 0 Å². The van der Waals surface area contributed by atoms with Crippen LogP contribution in [0.15, 0.2) is 54.7 Å². The molecule has 0 aliphatic carbocycles. The number of ether oxygens (including phenoxy) is 1. The van der Waals surface area contributed by atoms with Crippen molar-refractivity contribution in [2.24, 2.45) is 5.92 Å². The summed E-state index contributed by atoms with van der Waals surface area (Å²) in [5.74, 6) is -0.246. The number of methoxy groups -OCH3 is 1. The van der Waals surface area contributed by atoms with Gasteiger partial charge in [0.1, 0.15) is 5.75 Å². The third-order valence-corrected chi connectivity index (χ3v) is 5.89. The van der Waals surface area contributed by atoms with Gasteiger partial charge >= 0.3 is 5.97 Å². The van der Waals surface area contributed by atoms with Gasteiger partial charge < -0.3 is 9.84 Å². The van der Waals surface area contributed by atoms with Crippen molar-refractivity contribution in [3.63, 3.8) is 0 Å². The zero-order chi connectivity index (χ0) is 20.4. The van der Waals surface area contributed by atoms with Crippen LogP contribution in [-0.2, 0) is 4.79 Å². The molecule has 1 aliphatic rings. The second-order valence-corrected chi connectivity index (χ2v) is 7.84. The third-order valence-electron chi connectivity index (χ3n) is 5.66. The molecule has 4 rings (SSSR count). The number of hydrogen-bond donors (Lipinski definition) is 1. The summed E-state index contributed by atoms with van der Waals surface area (Å²) in [5, 5.41) is 11.1. The number of benzene rings is 2.